The number of amides is 1. The largest absolute Gasteiger partial charge is 0.756 e. The molecule has 0 saturated heterocycles. The number of phosphoric acid groups is 1. The van der Waals surface area contributed by atoms with Crippen LogP contribution in [-0.2, 0) is 27.9 Å². The van der Waals surface area contributed by atoms with Crippen LogP contribution in [0.1, 0.15) is 265 Å². The zero-order valence-electron chi connectivity index (χ0n) is 51.8. The second-order valence-electron chi connectivity index (χ2n) is 22.6. The zero-order chi connectivity index (χ0) is 57.9. The number of hydrogen-bond acceptors (Lipinski definition) is 7. The van der Waals surface area contributed by atoms with Gasteiger partial charge in [0.05, 0.1) is 33.8 Å². The molecule has 0 spiro atoms. The number of hydrogen-bond donors (Lipinski definition) is 1. The van der Waals surface area contributed by atoms with Crippen molar-refractivity contribution in [3.8, 4) is 0 Å². The van der Waals surface area contributed by atoms with Crippen molar-refractivity contribution in [2.24, 2.45) is 0 Å². The third kappa shape index (κ3) is 59.1. The second-order valence-corrected chi connectivity index (χ2v) is 24.0. The van der Waals surface area contributed by atoms with E-state index < -0.39 is 26.6 Å². The van der Waals surface area contributed by atoms with E-state index in [0.29, 0.717) is 23.9 Å². The quantitative estimate of drug-likeness (QED) is 0.0212. The lowest BCUT2D eigenvalue weighted by Crippen LogP contribution is -2.47. The first kappa shape index (κ1) is 75.7. The summed E-state index contributed by atoms with van der Waals surface area (Å²) in [5.74, 6) is -0.588. The Morgan fingerprint density at radius 1 is 0.443 bits per heavy atom. The van der Waals surface area contributed by atoms with E-state index in [4.69, 9.17) is 13.8 Å². The van der Waals surface area contributed by atoms with E-state index >= 15 is 0 Å². The number of quaternary nitrogens is 1. The summed E-state index contributed by atoms with van der Waals surface area (Å²) < 4.78 is 30.3. The van der Waals surface area contributed by atoms with Crippen LogP contribution in [0.25, 0.3) is 0 Å². The van der Waals surface area contributed by atoms with Gasteiger partial charge in [-0.05, 0) is 122 Å². The maximum Gasteiger partial charge on any atom is 0.306 e. The lowest BCUT2D eigenvalue weighted by atomic mass is 10.1. The van der Waals surface area contributed by atoms with Gasteiger partial charge in [-0.15, -0.1) is 0 Å². The fourth-order valence-electron chi connectivity index (χ4n) is 8.66. The molecule has 0 aliphatic carbocycles. The number of esters is 1. The summed E-state index contributed by atoms with van der Waals surface area (Å²) >= 11 is 0. The first-order valence-corrected chi connectivity index (χ1v) is 33.7. The molecule has 0 aliphatic heterocycles. The topological polar surface area (TPSA) is 114 Å². The summed E-state index contributed by atoms with van der Waals surface area (Å²) in [5, 5.41) is 3.01. The van der Waals surface area contributed by atoms with Crippen molar-refractivity contribution in [1.82, 2.24) is 5.32 Å². The fourth-order valence-corrected chi connectivity index (χ4v) is 9.39. The van der Waals surface area contributed by atoms with E-state index in [9.17, 15) is 19.0 Å². The average Bonchev–Trinajstić information content (AvgIpc) is 3.41. The van der Waals surface area contributed by atoms with E-state index in [1.165, 1.54) is 96.3 Å². The number of rotatable bonds is 57. The molecule has 454 valence electrons. The van der Waals surface area contributed by atoms with Crippen molar-refractivity contribution < 1.29 is 37.3 Å². The number of allylic oxidation sites excluding steroid dienone is 17. The Morgan fingerprint density at radius 3 is 1.18 bits per heavy atom. The first-order valence-electron chi connectivity index (χ1n) is 32.2. The third-order valence-electron chi connectivity index (χ3n) is 13.7. The zero-order valence-corrected chi connectivity index (χ0v) is 52.7. The normalized spacial score (nSPS) is 14.4. The van der Waals surface area contributed by atoms with Crippen LogP contribution in [0.3, 0.4) is 0 Å². The van der Waals surface area contributed by atoms with E-state index in [0.717, 1.165) is 122 Å². The Hall–Kier alpha value is -3.33. The predicted octanol–water partition coefficient (Wildman–Crippen LogP) is 19.5. The smallest absolute Gasteiger partial charge is 0.306 e. The fraction of sp³-hybridized carbons (Fsp3) is 0.710. The Kier molecular flexibility index (Phi) is 55.4. The molecule has 0 fully saturated rings. The van der Waals surface area contributed by atoms with Gasteiger partial charge in [-0.25, -0.2) is 0 Å². The van der Waals surface area contributed by atoms with Crippen molar-refractivity contribution in [2.45, 2.75) is 277 Å². The van der Waals surface area contributed by atoms with Gasteiger partial charge in [0.1, 0.15) is 19.3 Å². The summed E-state index contributed by atoms with van der Waals surface area (Å²) in [6, 6.07) is -0.914. The van der Waals surface area contributed by atoms with Gasteiger partial charge in [0.15, 0.2) is 0 Å². The number of nitrogens with one attached hydrogen (secondary N) is 1. The molecule has 0 heterocycles. The van der Waals surface area contributed by atoms with Gasteiger partial charge in [0.25, 0.3) is 7.82 Å². The van der Waals surface area contributed by atoms with Crippen molar-refractivity contribution in [2.75, 3.05) is 40.9 Å². The van der Waals surface area contributed by atoms with Crippen LogP contribution in [0.4, 0.5) is 0 Å². The maximum absolute atomic E-state index is 13.5. The van der Waals surface area contributed by atoms with Crippen molar-refractivity contribution in [1.29, 1.82) is 0 Å². The van der Waals surface area contributed by atoms with Gasteiger partial charge >= 0.3 is 5.97 Å². The molecular formula is C69H121N2O7P. The molecule has 1 amide bonds. The minimum absolute atomic E-state index is 0.0353. The number of ether oxygens (including phenoxy) is 1. The Bertz CT molecular complexity index is 1720. The molecule has 9 nitrogen and oxygen atoms in total. The van der Waals surface area contributed by atoms with Gasteiger partial charge in [-0.1, -0.05) is 240 Å². The summed E-state index contributed by atoms with van der Waals surface area (Å²) in [6.45, 7) is 6.74. The molecule has 0 bridgehead atoms. The number of carbonyl (C=O) groups excluding carboxylic acids is 2. The summed E-state index contributed by atoms with van der Waals surface area (Å²) in [7, 11) is 1.15. The maximum atomic E-state index is 13.5. The highest BCUT2D eigenvalue weighted by molar-refractivity contribution is 7.45. The SMILES string of the molecule is CCCCC/C=C\C/C=C\C/C=C\C/C=C\CCCCCCCC(=O)NC(COP(=O)([O-])OCC[N+](C)(C)C)C(/C=C/CCCCCCCCCCC)OC(=O)CCCCCCC/C=C\C/C=C\C/C=C\C/C=C\CCCCC. The lowest BCUT2D eigenvalue weighted by Gasteiger charge is -2.30. The van der Waals surface area contributed by atoms with Crippen LogP contribution in [0.15, 0.2) is 109 Å². The summed E-state index contributed by atoms with van der Waals surface area (Å²) in [4.78, 5) is 40.0. The molecule has 1 N–H and O–H groups in total. The highest BCUT2D eigenvalue weighted by Crippen LogP contribution is 2.38. The van der Waals surface area contributed by atoms with Gasteiger partial charge in [0, 0.05) is 12.8 Å². The summed E-state index contributed by atoms with van der Waals surface area (Å²) in [5.41, 5.74) is 0. The highest BCUT2D eigenvalue weighted by Gasteiger charge is 2.27. The van der Waals surface area contributed by atoms with Crippen molar-refractivity contribution in [3.63, 3.8) is 0 Å². The Morgan fingerprint density at radius 2 is 0.772 bits per heavy atom. The van der Waals surface area contributed by atoms with Crippen LogP contribution in [-0.4, -0.2) is 69.4 Å². The van der Waals surface area contributed by atoms with Crippen LogP contribution >= 0.6 is 7.82 Å². The molecule has 0 saturated carbocycles. The highest BCUT2D eigenvalue weighted by atomic mass is 31.2. The van der Waals surface area contributed by atoms with Crippen molar-refractivity contribution >= 4 is 19.7 Å². The minimum Gasteiger partial charge on any atom is -0.756 e. The molecule has 3 atom stereocenters. The third-order valence-corrected chi connectivity index (χ3v) is 14.6. The number of likely N-dealkylation sites (N-methyl/N-ethyl adjacent to an activating group) is 1. The van der Waals surface area contributed by atoms with Gasteiger partial charge < -0.3 is 28.5 Å². The predicted molar refractivity (Wildman–Crippen MR) is 339 cm³/mol. The molecule has 10 heteroatoms. The second kappa shape index (κ2) is 57.9. The number of phosphoric ester groups is 1. The van der Waals surface area contributed by atoms with Crippen LogP contribution in [0.5, 0.6) is 0 Å². The van der Waals surface area contributed by atoms with Crippen LogP contribution in [0, 0.1) is 0 Å². The van der Waals surface area contributed by atoms with Crippen molar-refractivity contribution in [3.05, 3.63) is 109 Å². The van der Waals surface area contributed by atoms with E-state index in [-0.39, 0.29) is 31.3 Å². The molecule has 0 aromatic rings. The van der Waals surface area contributed by atoms with Gasteiger partial charge in [-0.2, -0.15) is 0 Å². The number of carbonyl (C=O) groups is 2. The monoisotopic (exact) mass is 1120 g/mol. The van der Waals surface area contributed by atoms with Gasteiger partial charge in [0.2, 0.25) is 5.91 Å². The van der Waals surface area contributed by atoms with Gasteiger partial charge in [-0.3, -0.25) is 14.2 Å². The number of nitrogens with zero attached hydrogens (tertiary/aromatic N) is 1. The molecule has 79 heavy (non-hydrogen) atoms. The Balaban J connectivity index is 5.27. The standard InChI is InChI=1S/C69H121N2O7P/c1-7-10-13-16-19-22-25-27-29-31-33-35-37-39-41-43-46-49-52-55-58-61-68(72)70-66(65-77-79(74,75)76-64-63-71(4,5)6)67(60-57-54-51-48-45-24-21-18-15-12-9-3)78-69(73)62-59-56-53-50-47-44-42-40-38-36-34-32-30-28-26-23-20-17-14-11-8-2/h19-20,22-23,27-30,33-36,39-42,57,60,66-67H,7-18,21,24-26,31-32,37-38,43-56,58-59,61-65H2,1-6H3,(H-,70,72,74,75)/b22-19-,23-20-,29-27-,30-28-,35-33-,36-34-,41-39-,42-40-,60-57+. The molecule has 3 unspecified atom stereocenters. The summed E-state index contributed by atoms with van der Waals surface area (Å²) in [6.07, 6.45) is 79.1. The van der Waals surface area contributed by atoms with E-state index in [2.05, 4.69) is 123 Å². The van der Waals surface area contributed by atoms with E-state index in [1.54, 1.807) is 0 Å². The molecule has 0 radical (unpaired) electrons. The number of unbranched alkanes of at least 4 members (excludes halogenated alkanes) is 25. The van der Waals surface area contributed by atoms with E-state index in [1.807, 2.05) is 33.3 Å². The molecule has 0 rings (SSSR count). The minimum atomic E-state index is -4.72. The van der Waals surface area contributed by atoms with Crippen LogP contribution in [0.2, 0.25) is 0 Å². The molecular weight excluding hydrogens is 1000 g/mol. The molecule has 0 aromatic carbocycles. The molecule has 0 aliphatic rings. The molecule has 0 aromatic heterocycles. The Labute approximate surface area is 487 Å². The lowest BCUT2D eigenvalue weighted by molar-refractivity contribution is -0.870. The average molecular weight is 1120 g/mol. The first-order chi connectivity index (χ1) is 38.4. The van der Waals surface area contributed by atoms with Crippen LogP contribution < -0.4 is 10.2 Å².